The number of urea groups is 1. The van der Waals surface area contributed by atoms with Crippen LogP contribution in [-0.2, 0) is 22.2 Å². The van der Waals surface area contributed by atoms with Gasteiger partial charge in [-0.1, -0.05) is 24.3 Å². The average Bonchev–Trinajstić information content (AvgIpc) is 3.33. The lowest BCUT2D eigenvalue weighted by molar-refractivity contribution is -0.787. The van der Waals surface area contributed by atoms with Crippen molar-refractivity contribution in [1.29, 1.82) is 0 Å². The monoisotopic (exact) mass is 545 g/mol. The Balaban J connectivity index is 1.43. The van der Waals surface area contributed by atoms with Gasteiger partial charge in [0.05, 0.1) is 12.0 Å². The van der Waals surface area contributed by atoms with Gasteiger partial charge in [0, 0.05) is 30.1 Å². The van der Waals surface area contributed by atoms with E-state index in [1.54, 1.807) is 12.1 Å². The fourth-order valence-electron chi connectivity index (χ4n) is 4.54. The van der Waals surface area contributed by atoms with Gasteiger partial charge in [-0.2, -0.15) is 13.2 Å². The summed E-state index contributed by atoms with van der Waals surface area (Å²) < 4.78 is 47.2. The first-order valence-corrected chi connectivity index (χ1v) is 12.3. The van der Waals surface area contributed by atoms with Gasteiger partial charge >= 0.3 is 18.1 Å². The van der Waals surface area contributed by atoms with Gasteiger partial charge in [0.25, 0.3) is 6.20 Å². The molecule has 1 fully saturated rings. The number of aryl methyl sites for hydroxylation is 1. The van der Waals surface area contributed by atoms with Crippen molar-refractivity contribution in [2.45, 2.75) is 51.2 Å². The smallest absolute Gasteiger partial charge is 0.369 e. The number of carbonyl (C=O) groups is 3. The van der Waals surface area contributed by atoms with Gasteiger partial charge in [-0.15, -0.1) is 0 Å². The summed E-state index contributed by atoms with van der Waals surface area (Å²) in [7, 11) is 0. The van der Waals surface area contributed by atoms with E-state index in [-0.39, 0.29) is 41.5 Å². The fraction of sp³-hybridized carbons (Fsp3) is 0.346. The summed E-state index contributed by atoms with van der Waals surface area (Å²) in [5, 5.41) is 11.1. The normalized spacial score (nSPS) is 17.3. The number of halogens is 3. The predicted molar refractivity (Wildman–Crippen MR) is 134 cm³/mol. The zero-order valence-corrected chi connectivity index (χ0v) is 21.0. The molecular formula is C26H28F3N6O4+. The van der Waals surface area contributed by atoms with Crippen molar-refractivity contribution in [2.75, 3.05) is 16.0 Å². The summed E-state index contributed by atoms with van der Waals surface area (Å²) in [4.78, 5) is 36.6. The highest BCUT2D eigenvalue weighted by atomic mass is 19.4. The van der Waals surface area contributed by atoms with Crippen LogP contribution in [0.3, 0.4) is 0 Å². The van der Waals surface area contributed by atoms with E-state index < -0.39 is 23.7 Å². The van der Waals surface area contributed by atoms with Crippen LogP contribution in [0.5, 0.6) is 0 Å². The van der Waals surface area contributed by atoms with Gasteiger partial charge < -0.3 is 16.4 Å². The minimum absolute atomic E-state index is 0.0289. The first-order valence-electron chi connectivity index (χ1n) is 12.3. The zero-order valence-electron chi connectivity index (χ0n) is 21.0. The fourth-order valence-corrected chi connectivity index (χ4v) is 4.54. The highest BCUT2D eigenvalue weighted by molar-refractivity contribution is 6.00. The number of nitrogens with zero attached hydrogens (tertiary/aromatic N) is 2. The molecule has 0 aliphatic heterocycles. The van der Waals surface area contributed by atoms with Crippen LogP contribution in [0.25, 0.3) is 0 Å². The molecule has 10 nitrogen and oxygen atoms in total. The minimum atomic E-state index is -4.72. The standard InChI is InChI=1S/C26H27F3N6O4/c1-15-5-2-3-6-16(15)10-22(36)31-19-11-18(26(27,28)29)12-20(13-19)32-25(38)33-23-14-35(34-39-23)21-8-4-7-17(9-21)24(30)37/h2-3,5-6,11-14,17,21H,4,7-10H2,1H3,(H4-,30,31,32,33,34,36,37,38)/p+1/t17-,21-/m1/s1. The van der Waals surface area contributed by atoms with E-state index >= 15 is 0 Å². The number of rotatable bonds is 7. The summed E-state index contributed by atoms with van der Waals surface area (Å²) in [5.41, 5.74) is 5.66. The highest BCUT2D eigenvalue weighted by Crippen LogP contribution is 2.34. The van der Waals surface area contributed by atoms with Crippen molar-refractivity contribution in [1.82, 2.24) is 5.27 Å². The zero-order chi connectivity index (χ0) is 28.2. The Bertz CT molecular complexity index is 1370. The Morgan fingerprint density at radius 1 is 1.08 bits per heavy atom. The van der Waals surface area contributed by atoms with E-state index in [1.807, 2.05) is 19.1 Å². The van der Waals surface area contributed by atoms with Gasteiger partial charge in [0.1, 0.15) is 0 Å². The number of hydrogen-bond donors (Lipinski definition) is 4. The number of aromatic nitrogens is 2. The molecule has 0 bridgehead atoms. The van der Waals surface area contributed by atoms with E-state index in [9.17, 15) is 27.6 Å². The quantitative estimate of drug-likeness (QED) is 0.327. The van der Waals surface area contributed by atoms with Crippen molar-refractivity contribution in [3.8, 4) is 0 Å². The van der Waals surface area contributed by atoms with E-state index in [4.69, 9.17) is 10.3 Å². The lowest BCUT2D eigenvalue weighted by atomic mass is 9.85. The van der Waals surface area contributed by atoms with Gasteiger partial charge in [-0.3, -0.25) is 19.4 Å². The molecule has 1 aliphatic rings. The minimum Gasteiger partial charge on any atom is -0.369 e. The van der Waals surface area contributed by atoms with Crippen molar-refractivity contribution in [3.63, 3.8) is 0 Å². The molecule has 1 aliphatic carbocycles. The maximum absolute atomic E-state index is 13.5. The molecule has 1 aromatic heterocycles. The lowest BCUT2D eigenvalue weighted by Crippen LogP contribution is -2.44. The summed E-state index contributed by atoms with van der Waals surface area (Å²) in [6.07, 6.45) is -0.613. The first-order chi connectivity index (χ1) is 18.5. The van der Waals surface area contributed by atoms with Crippen LogP contribution < -0.4 is 26.4 Å². The maximum atomic E-state index is 13.5. The van der Waals surface area contributed by atoms with E-state index in [1.165, 1.54) is 16.9 Å². The second kappa shape index (κ2) is 11.5. The number of nitrogens with one attached hydrogen (secondary N) is 3. The third kappa shape index (κ3) is 7.33. The maximum Gasteiger partial charge on any atom is 0.416 e. The largest absolute Gasteiger partial charge is 0.416 e. The summed E-state index contributed by atoms with van der Waals surface area (Å²) in [5.74, 6) is -1.22. The molecule has 13 heteroatoms. The van der Waals surface area contributed by atoms with Gasteiger partial charge in [-0.25, -0.2) is 4.79 Å². The van der Waals surface area contributed by atoms with E-state index in [2.05, 4.69) is 21.2 Å². The molecular weight excluding hydrogens is 517 g/mol. The second-order valence-electron chi connectivity index (χ2n) is 9.49. The van der Waals surface area contributed by atoms with Crippen LogP contribution >= 0.6 is 0 Å². The van der Waals surface area contributed by atoms with Crippen LogP contribution in [-0.4, -0.2) is 23.1 Å². The molecule has 1 heterocycles. The van der Waals surface area contributed by atoms with Crippen LogP contribution in [0.2, 0.25) is 0 Å². The Morgan fingerprint density at radius 2 is 1.79 bits per heavy atom. The number of carbonyl (C=O) groups excluding carboxylic acids is 3. The summed E-state index contributed by atoms with van der Waals surface area (Å²) in [6, 6.07) is 8.92. The number of amides is 4. The third-order valence-electron chi connectivity index (χ3n) is 6.56. The van der Waals surface area contributed by atoms with Crippen LogP contribution in [0.15, 0.2) is 53.2 Å². The molecule has 5 N–H and O–H groups in total. The van der Waals surface area contributed by atoms with Gasteiger partial charge in [0.2, 0.25) is 17.1 Å². The highest BCUT2D eigenvalue weighted by Gasteiger charge is 2.34. The second-order valence-corrected chi connectivity index (χ2v) is 9.49. The SMILES string of the molecule is Cc1ccccc1CC(=O)Nc1cc(NC(=O)Nc2c[n+]([C@@H]3CCC[C@@H](C(N)=O)C3)no2)cc(C(F)(F)F)c1. The van der Waals surface area contributed by atoms with Crippen LogP contribution in [0.4, 0.5) is 35.2 Å². The van der Waals surface area contributed by atoms with Crippen molar-refractivity contribution < 1.29 is 36.8 Å². The number of hydrogen-bond acceptors (Lipinski definition) is 5. The third-order valence-corrected chi connectivity index (χ3v) is 6.56. The summed E-state index contributed by atoms with van der Waals surface area (Å²) in [6.45, 7) is 1.83. The Morgan fingerprint density at radius 3 is 2.49 bits per heavy atom. The number of primary amides is 1. The molecule has 2 aromatic carbocycles. The number of benzene rings is 2. The van der Waals surface area contributed by atoms with Crippen molar-refractivity contribution >= 4 is 35.1 Å². The van der Waals surface area contributed by atoms with Crippen LogP contribution in [0.1, 0.15) is 48.4 Å². The summed E-state index contributed by atoms with van der Waals surface area (Å²) >= 11 is 0. The molecule has 0 saturated heterocycles. The predicted octanol–water partition coefficient (Wildman–Crippen LogP) is 4.33. The molecule has 2 atom stereocenters. The van der Waals surface area contributed by atoms with Crippen molar-refractivity contribution in [3.05, 3.63) is 65.4 Å². The van der Waals surface area contributed by atoms with Gasteiger partial charge in [0.15, 0.2) is 6.04 Å². The molecule has 206 valence electrons. The molecule has 1 saturated carbocycles. The van der Waals surface area contributed by atoms with Gasteiger partial charge in [-0.05, 0) is 53.8 Å². The van der Waals surface area contributed by atoms with Crippen molar-refractivity contribution in [2.24, 2.45) is 11.7 Å². The van der Waals surface area contributed by atoms with E-state index in [0.717, 1.165) is 36.1 Å². The molecule has 3 aromatic rings. The molecule has 0 radical (unpaired) electrons. The van der Waals surface area contributed by atoms with Crippen LogP contribution in [0, 0.1) is 12.8 Å². The first kappa shape index (κ1) is 27.6. The Hall–Kier alpha value is -4.42. The average molecular weight is 546 g/mol. The lowest BCUT2D eigenvalue weighted by Gasteiger charge is -2.20. The molecule has 39 heavy (non-hydrogen) atoms. The molecule has 4 rings (SSSR count). The van der Waals surface area contributed by atoms with E-state index in [0.29, 0.717) is 12.8 Å². The molecule has 0 spiro atoms. The number of anilines is 3. The molecule has 4 amide bonds. The Labute approximate surface area is 221 Å². The molecule has 0 unspecified atom stereocenters. The topological polar surface area (TPSA) is 143 Å². The Kier molecular flexibility index (Phi) is 8.17. The number of nitrogens with two attached hydrogens (primary N) is 1. The number of alkyl halides is 3.